The van der Waals surface area contributed by atoms with Crippen LogP contribution in [0.15, 0.2) is 12.1 Å². The minimum Gasteiger partial charge on any atom is -0.329 e. The van der Waals surface area contributed by atoms with Crippen molar-refractivity contribution in [3.63, 3.8) is 0 Å². The number of benzene rings is 1. The Labute approximate surface area is 86.5 Å². The van der Waals surface area contributed by atoms with Crippen molar-refractivity contribution in [3.8, 4) is 0 Å². The van der Waals surface area contributed by atoms with Gasteiger partial charge in [-0.2, -0.15) is 0 Å². The molecule has 0 saturated heterocycles. The van der Waals surface area contributed by atoms with E-state index in [1.807, 2.05) is 0 Å². The Morgan fingerprint density at radius 3 is 2.57 bits per heavy atom. The van der Waals surface area contributed by atoms with Crippen molar-refractivity contribution in [1.29, 1.82) is 0 Å². The van der Waals surface area contributed by atoms with Crippen LogP contribution in [0.1, 0.15) is 22.3 Å². The summed E-state index contributed by atoms with van der Waals surface area (Å²) < 4.78 is 0. The third-order valence-electron chi connectivity index (χ3n) is 2.56. The van der Waals surface area contributed by atoms with Crippen molar-refractivity contribution in [2.75, 3.05) is 13.1 Å². The van der Waals surface area contributed by atoms with Gasteiger partial charge in [-0.3, -0.25) is 0 Å². The van der Waals surface area contributed by atoms with E-state index in [1.165, 1.54) is 22.3 Å². The molecule has 3 N–H and O–H groups in total. The standard InChI is InChI=1S/C12H20N2/c1-9-6-10(2)11(3)12(7-9)8-14-5-4-13/h6-7,14H,4-5,8,13H2,1-3H3. The van der Waals surface area contributed by atoms with Gasteiger partial charge < -0.3 is 11.1 Å². The molecule has 0 aromatic heterocycles. The molecule has 0 heterocycles. The van der Waals surface area contributed by atoms with Gasteiger partial charge in [-0.05, 0) is 37.5 Å². The molecule has 0 unspecified atom stereocenters. The SMILES string of the molecule is Cc1cc(C)c(C)c(CNCCN)c1. The minimum atomic E-state index is 0.698. The van der Waals surface area contributed by atoms with E-state index in [1.54, 1.807) is 0 Å². The highest BCUT2D eigenvalue weighted by Gasteiger charge is 2.01. The largest absolute Gasteiger partial charge is 0.329 e. The lowest BCUT2D eigenvalue weighted by Crippen LogP contribution is -2.22. The molecule has 0 fully saturated rings. The summed E-state index contributed by atoms with van der Waals surface area (Å²) in [6.45, 7) is 8.98. The Morgan fingerprint density at radius 1 is 1.21 bits per heavy atom. The van der Waals surface area contributed by atoms with Crippen LogP contribution in [0.4, 0.5) is 0 Å². The highest BCUT2D eigenvalue weighted by molar-refractivity contribution is 5.37. The fraction of sp³-hybridized carbons (Fsp3) is 0.500. The monoisotopic (exact) mass is 192 g/mol. The second kappa shape index (κ2) is 5.13. The van der Waals surface area contributed by atoms with Crippen LogP contribution >= 0.6 is 0 Å². The van der Waals surface area contributed by atoms with E-state index in [2.05, 4.69) is 38.2 Å². The van der Waals surface area contributed by atoms with E-state index >= 15 is 0 Å². The average Bonchev–Trinajstić information content (AvgIpc) is 2.13. The summed E-state index contributed by atoms with van der Waals surface area (Å²) in [4.78, 5) is 0. The quantitative estimate of drug-likeness (QED) is 0.712. The van der Waals surface area contributed by atoms with E-state index in [9.17, 15) is 0 Å². The molecule has 0 atom stereocenters. The molecular weight excluding hydrogens is 172 g/mol. The van der Waals surface area contributed by atoms with Gasteiger partial charge in [0, 0.05) is 19.6 Å². The molecule has 0 spiro atoms. The Kier molecular flexibility index (Phi) is 4.11. The molecule has 2 heteroatoms. The molecule has 0 bridgehead atoms. The molecule has 0 amide bonds. The predicted molar refractivity (Wildman–Crippen MR) is 61.4 cm³/mol. The molecule has 1 aromatic carbocycles. The first kappa shape index (κ1) is 11.2. The van der Waals surface area contributed by atoms with Crippen molar-refractivity contribution in [2.45, 2.75) is 27.3 Å². The molecule has 78 valence electrons. The number of nitrogens with two attached hydrogens (primary N) is 1. The van der Waals surface area contributed by atoms with E-state index in [0.717, 1.165) is 13.1 Å². The van der Waals surface area contributed by atoms with Crippen LogP contribution in [-0.2, 0) is 6.54 Å². The summed E-state index contributed by atoms with van der Waals surface area (Å²) in [5.41, 5.74) is 10.9. The Morgan fingerprint density at radius 2 is 1.93 bits per heavy atom. The lowest BCUT2D eigenvalue weighted by Gasteiger charge is -2.11. The molecule has 0 aliphatic carbocycles. The molecular formula is C12H20N2. The number of aryl methyl sites for hydroxylation is 2. The van der Waals surface area contributed by atoms with Crippen molar-refractivity contribution in [1.82, 2.24) is 5.32 Å². The first-order valence-electron chi connectivity index (χ1n) is 5.12. The van der Waals surface area contributed by atoms with Crippen LogP contribution in [0.3, 0.4) is 0 Å². The topological polar surface area (TPSA) is 38.0 Å². The zero-order chi connectivity index (χ0) is 10.6. The summed E-state index contributed by atoms with van der Waals surface area (Å²) in [7, 11) is 0. The second-order valence-electron chi connectivity index (χ2n) is 3.83. The first-order chi connectivity index (χ1) is 6.65. The average molecular weight is 192 g/mol. The molecule has 2 nitrogen and oxygen atoms in total. The van der Waals surface area contributed by atoms with Gasteiger partial charge in [0.1, 0.15) is 0 Å². The van der Waals surface area contributed by atoms with Crippen LogP contribution in [0.5, 0.6) is 0 Å². The van der Waals surface area contributed by atoms with Crippen LogP contribution < -0.4 is 11.1 Å². The zero-order valence-electron chi connectivity index (χ0n) is 9.35. The third-order valence-corrected chi connectivity index (χ3v) is 2.56. The lowest BCUT2D eigenvalue weighted by molar-refractivity contribution is 0.691. The van der Waals surface area contributed by atoms with Gasteiger partial charge in [0.25, 0.3) is 0 Å². The van der Waals surface area contributed by atoms with Crippen LogP contribution in [0, 0.1) is 20.8 Å². The van der Waals surface area contributed by atoms with Crippen molar-refractivity contribution in [2.24, 2.45) is 5.73 Å². The van der Waals surface area contributed by atoms with Crippen LogP contribution in [0.2, 0.25) is 0 Å². The molecule has 1 aromatic rings. The van der Waals surface area contributed by atoms with Crippen LogP contribution in [0.25, 0.3) is 0 Å². The van der Waals surface area contributed by atoms with Crippen molar-refractivity contribution < 1.29 is 0 Å². The maximum Gasteiger partial charge on any atom is 0.0208 e. The molecule has 14 heavy (non-hydrogen) atoms. The highest BCUT2D eigenvalue weighted by atomic mass is 14.9. The van der Waals surface area contributed by atoms with Gasteiger partial charge in [0.15, 0.2) is 0 Å². The maximum atomic E-state index is 5.43. The van der Waals surface area contributed by atoms with Gasteiger partial charge in [0.05, 0.1) is 0 Å². The van der Waals surface area contributed by atoms with Gasteiger partial charge in [-0.1, -0.05) is 17.7 Å². The first-order valence-corrected chi connectivity index (χ1v) is 5.12. The molecule has 0 aliphatic heterocycles. The zero-order valence-corrected chi connectivity index (χ0v) is 9.35. The van der Waals surface area contributed by atoms with E-state index in [4.69, 9.17) is 5.73 Å². The van der Waals surface area contributed by atoms with Crippen LogP contribution in [-0.4, -0.2) is 13.1 Å². The van der Waals surface area contributed by atoms with Gasteiger partial charge in [-0.25, -0.2) is 0 Å². The fourth-order valence-corrected chi connectivity index (χ4v) is 1.64. The predicted octanol–water partition coefficient (Wildman–Crippen LogP) is 1.66. The third kappa shape index (κ3) is 2.82. The van der Waals surface area contributed by atoms with Crippen molar-refractivity contribution in [3.05, 3.63) is 34.4 Å². The smallest absolute Gasteiger partial charge is 0.0208 e. The Bertz CT molecular complexity index is 305. The Balaban J connectivity index is 2.75. The normalized spacial score (nSPS) is 10.6. The summed E-state index contributed by atoms with van der Waals surface area (Å²) in [5.74, 6) is 0. The van der Waals surface area contributed by atoms with E-state index in [-0.39, 0.29) is 0 Å². The van der Waals surface area contributed by atoms with Gasteiger partial charge in [-0.15, -0.1) is 0 Å². The van der Waals surface area contributed by atoms with E-state index < -0.39 is 0 Å². The number of hydrogen-bond acceptors (Lipinski definition) is 2. The van der Waals surface area contributed by atoms with Gasteiger partial charge >= 0.3 is 0 Å². The van der Waals surface area contributed by atoms with Gasteiger partial charge in [0.2, 0.25) is 0 Å². The summed E-state index contributed by atoms with van der Waals surface area (Å²) >= 11 is 0. The highest BCUT2D eigenvalue weighted by Crippen LogP contribution is 2.15. The number of hydrogen-bond donors (Lipinski definition) is 2. The molecule has 0 aliphatic rings. The lowest BCUT2D eigenvalue weighted by atomic mass is 10.0. The fourth-order valence-electron chi connectivity index (χ4n) is 1.64. The molecule has 0 saturated carbocycles. The minimum absolute atomic E-state index is 0.698. The summed E-state index contributed by atoms with van der Waals surface area (Å²) in [6, 6.07) is 4.47. The van der Waals surface area contributed by atoms with E-state index in [0.29, 0.717) is 6.54 Å². The number of nitrogens with one attached hydrogen (secondary N) is 1. The summed E-state index contributed by atoms with van der Waals surface area (Å²) in [6.07, 6.45) is 0. The molecule has 0 radical (unpaired) electrons. The maximum absolute atomic E-state index is 5.43. The van der Waals surface area contributed by atoms with Crippen molar-refractivity contribution >= 4 is 0 Å². The number of rotatable bonds is 4. The summed E-state index contributed by atoms with van der Waals surface area (Å²) in [5, 5.41) is 3.32. The molecule has 1 rings (SSSR count). The second-order valence-corrected chi connectivity index (χ2v) is 3.83. The Hall–Kier alpha value is -0.860.